The van der Waals surface area contributed by atoms with Gasteiger partial charge in [0, 0.05) is 5.92 Å². The van der Waals surface area contributed by atoms with Crippen LogP contribution in [-0.4, -0.2) is 28.3 Å². The van der Waals surface area contributed by atoms with E-state index in [-0.39, 0.29) is 0 Å². The first kappa shape index (κ1) is 13.8. The highest BCUT2D eigenvalue weighted by molar-refractivity contribution is 5.85. The van der Waals surface area contributed by atoms with Crippen LogP contribution in [0, 0.1) is 0 Å². The van der Waals surface area contributed by atoms with E-state index in [1.165, 1.54) is 0 Å². The van der Waals surface area contributed by atoms with E-state index in [1.807, 2.05) is 60.7 Å². The number of benzene rings is 2. The van der Waals surface area contributed by atoms with Crippen LogP contribution in [0.4, 0.5) is 0 Å². The number of nitrogens with one attached hydrogen (secondary N) is 1. The maximum atomic E-state index is 11.8. The van der Waals surface area contributed by atoms with E-state index in [2.05, 4.69) is 5.32 Å². The molecule has 1 aliphatic rings. The van der Waals surface area contributed by atoms with Gasteiger partial charge in [-0.1, -0.05) is 60.7 Å². The molecule has 3 N–H and O–H groups in total. The Bertz CT molecular complexity index is 614. The predicted octanol–water partition coefficient (Wildman–Crippen LogP) is 1.36. The lowest BCUT2D eigenvalue weighted by Crippen LogP contribution is -2.34. The summed E-state index contributed by atoms with van der Waals surface area (Å²) in [5.41, 5.74) is 1.56. The largest absolute Gasteiger partial charge is 0.386 e. The fourth-order valence-electron chi connectivity index (χ4n) is 2.90. The van der Waals surface area contributed by atoms with Crippen molar-refractivity contribution in [3.63, 3.8) is 0 Å². The zero-order valence-corrected chi connectivity index (χ0v) is 11.4. The highest BCUT2D eigenvalue weighted by Crippen LogP contribution is 2.35. The number of hydrogen-bond donors (Lipinski definition) is 3. The molecule has 0 aromatic heterocycles. The van der Waals surface area contributed by atoms with Gasteiger partial charge in [0.1, 0.15) is 6.10 Å². The molecule has 4 heteroatoms. The summed E-state index contributed by atoms with van der Waals surface area (Å²) < 4.78 is 0. The van der Waals surface area contributed by atoms with Gasteiger partial charge in [-0.15, -0.1) is 0 Å². The Balaban J connectivity index is 1.95. The van der Waals surface area contributed by atoms with Crippen molar-refractivity contribution in [3.8, 4) is 0 Å². The third-order valence-electron chi connectivity index (χ3n) is 3.97. The number of aliphatic hydroxyl groups is 2. The SMILES string of the molecule is O=C1NC(C(O)c2ccccc2)C(c2ccccc2)[C@H]1O. The first-order valence-electron chi connectivity index (χ1n) is 6.95. The van der Waals surface area contributed by atoms with E-state index < -0.39 is 30.1 Å². The van der Waals surface area contributed by atoms with Crippen LogP contribution < -0.4 is 5.32 Å². The molecule has 0 aliphatic carbocycles. The summed E-state index contributed by atoms with van der Waals surface area (Å²) in [6, 6.07) is 17.9. The molecule has 2 aromatic rings. The number of carbonyl (C=O) groups excluding carboxylic acids is 1. The summed E-state index contributed by atoms with van der Waals surface area (Å²) in [5.74, 6) is -0.905. The second kappa shape index (κ2) is 5.68. The normalized spacial score (nSPS) is 26.4. The van der Waals surface area contributed by atoms with Gasteiger partial charge in [0.2, 0.25) is 5.91 Å². The molecular formula is C17H17NO3. The summed E-state index contributed by atoms with van der Waals surface area (Å²) in [6.07, 6.45) is -2.01. The van der Waals surface area contributed by atoms with Crippen LogP contribution >= 0.6 is 0 Å². The van der Waals surface area contributed by atoms with Crippen LogP contribution in [0.1, 0.15) is 23.1 Å². The standard InChI is InChI=1S/C17H17NO3/c19-15(12-9-5-2-6-10-12)14-13(16(20)17(21)18-14)11-7-3-1-4-8-11/h1-10,13-16,19-20H,(H,18,21)/t13?,14?,15?,16-/m1/s1. The van der Waals surface area contributed by atoms with E-state index in [9.17, 15) is 15.0 Å². The minimum Gasteiger partial charge on any atom is -0.386 e. The fourth-order valence-corrected chi connectivity index (χ4v) is 2.90. The van der Waals surface area contributed by atoms with E-state index in [4.69, 9.17) is 0 Å². The van der Waals surface area contributed by atoms with Crippen molar-refractivity contribution >= 4 is 5.91 Å². The van der Waals surface area contributed by atoms with E-state index in [0.717, 1.165) is 11.1 Å². The van der Waals surface area contributed by atoms with E-state index in [0.29, 0.717) is 0 Å². The quantitative estimate of drug-likeness (QED) is 0.796. The highest BCUT2D eigenvalue weighted by Gasteiger charge is 2.45. The average Bonchev–Trinajstić information content (AvgIpc) is 2.84. The Labute approximate surface area is 123 Å². The summed E-state index contributed by atoms with van der Waals surface area (Å²) >= 11 is 0. The monoisotopic (exact) mass is 283 g/mol. The van der Waals surface area contributed by atoms with Crippen LogP contribution in [0.2, 0.25) is 0 Å². The van der Waals surface area contributed by atoms with Gasteiger partial charge in [-0.05, 0) is 11.1 Å². The molecule has 3 unspecified atom stereocenters. The van der Waals surface area contributed by atoms with Crippen molar-refractivity contribution in [2.45, 2.75) is 24.2 Å². The Morgan fingerprint density at radius 1 is 0.952 bits per heavy atom. The molecule has 108 valence electrons. The van der Waals surface area contributed by atoms with Gasteiger partial charge in [0.25, 0.3) is 0 Å². The second-order valence-corrected chi connectivity index (χ2v) is 5.27. The minimum atomic E-state index is -1.14. The zero-order valence-electron chi connectivity index (χ0n) is 11.4. The van der Waals surface area contributed by atoms with Crippen LogP contribution in [0.5, 0.6) is 0 Å². The number of carbonyl (C=O) groups is 1. The molecule has 0 bridgehead atoms. The molecule has 1 aliphatic heterocycles. The van der Waals surface area contributed by atoms with Gasteiger partial charge in [0.05, 0.1) is 12.1 Å². The van der Waals surface area contributed by atoms with Gasteiger partial charge in [-0.25, -0.2) is 0 Å². The molecule has 21 heavy (non-hydrogen) atoms. The number of hydrogen-bond acceptors (Lipinski definition) is 3. The summed E-state index contributed by atoms with van der Waals surface area (Å²) in [6.45, 7) is 0. The zero-order chi connectivity index (χ0) is 14.8. The van der Waals surface area contributed by atoms with Gasteiger partial charge >= 0.3 is 0 Å². The van der Waals surface area contributed by atoms with Crippen molar-refractivity contribution in [3.05, 3.63) is 71.8 Å². The van der Waals surface area contributed by atoms with Gasteiger partial charge < -0.3 is 15.5 Å². The van der Waals surface area contributed by atoms with Crippen molar-refractivity contribution in [2.75, 3.05) is 0 Å². The third kappa shape index (κ3) is 2.55. The molecule has 1 amide bonds. The highest BCUT2D eigenvalue weighted by atomic mass is 16.3. The van der Waals surface area contributed by atoms with E-state index in [1.54, 1.807) is 0 Å². The van der Waals surface area contributed by atoms with Gasteiger partial charge in [-0.2, -0.15) is 0 Å². The van der Waals surface area contributed by atoms with E-state index >= 15 is 0 Å². The topological polar surface area (TPSA) is 69.6 Å². The Kier molecular flexibility index (Phi) is 3.73. The maximum absolute atomic E-state index is 11.8. The Morgan fingerprint density at radius 3 is 2.14 bits per heavy atom. The maximum Gasteiger partial charge on any atom is 0.249 e. The smallest absolute Gasteiger partial charge is 0.249 e. The molecule has 2 aromatic carbocycles. The molecule has 1 fully saturated rings. The minimum absolute atomic E-state index is 0.441. The number of aliphatic hydroxyl groups excluding tert-OH is 2. The molecule has 1 heterocycles. The van der Waals surface area contributed by atoms with Crippen LogP contribution in [0.25, 0.3) is 0 Å². The predicted molar refractivity (Wildman–Crippen MR) is 78.5 cm³/mol. The Hall–Kier alpha value is -2.17. The summed E-state index contributed by atoms with van der Waals surface area (Å²) in [4.78, 5) is 11.8. The average molecular weight is 283 g/mol. The summed E-state index contributed by atoms with van der Waals surface area (Å²) in [7, 11) is 0. The second-order valence-electron chi connectivity index (χ2n) is 5.27. The molecule has 3 rings (SSSR count). The Morgan fingerprint density at radius 2 is 1.52 bits per heavy atom. The molecular weight excluding hydrogens is 266 g/mol. The van der Waals surface area contributed by atoms with Gasteiger partial charge in [0.15, 0.2) is 0 Å². The molecule has 4 atom stereocenters. The molecule has 1 saturated heterocycles. The lowest BCUT2D eigenvalue weighted by molar-refractivity contribution is -0.126. The van der Waals surface area contributed by atoms with Crippen LogP contribution in [-0.2, 0) is 4.79 Å². The fraction of sp³-hybridized carbons (Fsp3) is 0.235. The lowest BCUT2D eigenvalue weighted by atomic mass is 9.85. The van der Waals surface area contributed by atoms with Gasteiger partial charge in [-0.3, -0.25) is 4.79 Å². The number of rotatable bonds is 3. The first-order chi connectivity index (χ1) is 10.2. The van der Waals surface area contributed by atoms with Crippen molar-refractivity contribution in [1.82, 2.24) is 5.32 Å². The van der Waals surface area contributed by atoms with Crippen molar-refractivity contribution in [2.24, 2.45) is 0 Å². The number of amides is 1. The molecule has 4 nitrogen and oxygen atoms in total. The lowest BCUT2D eigenvalue weighted by Gasteiger charge is -2.25. The molecule has 0 radical (unpaired) electrons. The molecule has 0 spiro atoms. The summed E-state index contributed by atoms with van der Waals surface area (Å²) in [5, 5.41) is 23.4. The van der Waals surface area contributed by atoms with Crippen LogP contribution in [0.3, 0.4) is 0 Å². The molecule has 0 saturated carbocycles. The first-order valence-corrected chi connectivity index (χ1v) is 6.95. The van der Waals surface area contributed by atoms with Crippen LogP contribution in [0.15, 0.2) is 60.7 Å². The third-order valence-corrected chi connectivity index (χ3v) is 3.97. The van der Waals surface area contributed by atoms with Crippen molar-refractivity contribution in [1.29, 1.82) is 0 Å². The van der Waals surface area contributed by atoms with Crippen molar-refractivity contribution < 1.29 is 15.0 Å².